The van der Waals surface area contributed by atoms with E-state index in [2.05, 4.69) is 32.9 Å². The van der Waals surface area contributed by atoms with E-state index in [-0.39, 0.29) is 30.2 Å². The molecule has 1 amide bonds. The summed E-state index contributed by atoms with van der Waals surface area (Å²) in [5, 5.41) is 31.5. The highest BCUT2D eigenvalue weighted by atomic mass is 16.5. The number of hydrogen-bond acceptors (Lipinski definition) is 5. The number of aliphatic hydroxyl groups is 1. The molecule has 7 nitrogen and oxygen atoms in total. The maximum atomic E-state index is 13.2. The zero-order valence-electron chi connectivity index (χ0n) is 22.4. The molecule has 198 valence electrons. The molecule has 2 aliphatic rings. The van der Waals surface area contributed by atoms with Crippen LogP contribution in [0.15, 0.2) is 29.4 Å². The van der Waals surface area contributed by atoms with Crippen molar-refractivity contribution in [2.24, 2.45) is 5.92 Å². The van der Waals surface area contributed by atoms with Crippen molar-refractivity contribution in [2.75, 3.05) is 0 Å². The van der Waals surface area contributed by atoms with Gasteiger partial charge in [0.1, 0.15) is 23.1 Å². The van der Waals surface area contributed by atoms with Gasteiger partial charge in [0.2, 0.25) is 0 Å². The van der Waals surface area contributed by atoms with E-state index in [9.17, 15) is 24.9 Å². The maximum Gasteiger partial charge on any atom is 0.326 e. The van der Waals surface area contributed by atoms with Gasteiger partial charge in [0, 0.05) is 17.5 Å². The number of phenolic OH excluding ortho intramolecular Hbond substituents is 1. The number of amides is 1. The molecular formula is C29H41NO6. The normalized spacial score (nSPS) is 23.0. The van der Waals surface area contributed by atoms with Gasteiger partial charge in [-0.05, 0) is 65.4 Å². The molecule has 2 aliphatic heterocycles. The standard InChI is InChI=1S/C29H41NO6/c1-7-19(5)25(28(34)35)30-16-22-20(27(30)33)14-23(31)21-15-24(32)29(6,36-26(21)22)13-9-12-18(4)11-8-10-17(2)3/h10,12,14,19,24-25,31-32H,7-9,11,13,15-16H2,1-6H3,(H,34,35)/b18-12+/t19-,24+,25+,29+/m0/s1. The third kappa shape index (κ3) is 5.61. The van der Waals surface area contributed by atoms with Crippen LogP contribution in [0.4, 0.5) is 0 Å². The van der Waals surface area contributed by atoms with Crippen LogP contribution >= 0.6 is 0 Å². The topological polar surface area (TPSA) is 107 Å². The number of benzene rings is 1. The average Bonchev–Trinajstić information content (AvgIpc) is 3.10. The van der Waals surface area contributed by atoms with Crippen LogP contribution in [-0.4, -0.2) is 49.8 Å². The van der Waals surface area contributed by atoms with E-state index >= 15 is 0 Å². The Bertz CT molecular complexity index is 1070. The van der Waals surface area contributed by atoms with Crippen LogP contribution < -0.4 is 4.74 Å². The summed E-state index contributed by atoms with van der Waals surface area (Å²) in [5.74, 6) is -1.39. The van der Waals surface area contributed by atoms with Crippen molar-refractivity contribution < 1.29 is 29.6 Å². The van der Waals surface area contributed by atoms with Crippen LogP contribution in [0, 0.1) is 5.92 Å². The van der Waals surface area contributed by atoms with E-state index < -0.39 is 29.6 Å². The molecule has 1 aromatic rings. The molecule has 0 saturated carbocycles. The second-order valence-electron chi connectivity index (χ2n) is 10.9. The van der Waals surface area contributed by atoms with E-state index in [1.54, 1.807) is 0 Å². The molecule has 3 N–H and O–H groups in total. The minimum atomic E-state index is -1.04. The van der Waals surface area contributed by atoms with E-state index in [4.69, 9.17) is 4.74 Å². The fourth-order valence-electron chi connectivity index (χ4n) is 5.15. The van der Waals surface area contributed by atoms with Crippen molar-refractivity contribution in [1.82, 2.24) is 4.90 Å². The van der Waals surface area contributed by atoms with Gasteiger partial charge in [-0.2, -0.15) is 0 Å². The van der Waals surface area contributed by atoms with Crippen molar-refractivity contribution in [2.45, 2.75) is 104 Å². The lowest BCUT2D eigenvalue weighted by atomic mass is 9.84. The van der Waals surface area contributed by atoms with Crippen molar-refractivity contribution >= 4 is 11.9 Å². The number of aliphatic hydroxyl groups excluding tert-OH is 1. The predicted molar refractivity (Wildman–Crippen MR) is 139 cm³/mol. The minimum absolute atomic E-state index is 0.105. The Balaban J connectivity index is 1.85. The third-order valence-electron chi connectivity index (χ3n) is 7.72. The summed E-state index contributed by atoms with van der Waals surface area (Å²) in [7, 11) is 0. The highest BCUT2D eigenvalue weighted by Crippen LogP contribution is 2.47. The molecule has 0 aliphatic carbocycles. The van der Waals surface area contributed by atoms with Crippen LogP contribution in [-0.2, 0) is 17.8 Å². The first-order valence-electron chi connectivity index (χ1n) is 13.0. The smallest absolute Gasteiger partial charge is 0.326 e. The molecule has 0 spiro atoms. The van der Waals surface area contributed by atoms with E-state index in [1.165, 1.54) is 22.1 Å². The van der Waals surface area contributed by atoms with Gasteiger partial charge < -0.3 is 25.0 Å². The highest BCUT2D eigenvalue weighted by molar-refractivity contribution is 6.02. The molecule has 7 heteroatoms. The number of phenols is 1. The van der Waals surface area contributed by atoms with Crippen LogP contribution in [0.3, 0.4) is 0 Å². The van der Waals surface area contributed by atoms with Crippen LogP contribution in [0.2, 0.25) is 0 Å². The van der Waals surface area contributed by atoms with Gasteiger partial charge in [-0.15, -0.1) is 0 Å². The number of aromatic hydroxyl groups is 1. The number of allylic oxidation sites excluding steroid dienone is 4. The van der Waals surface area contributed by atoms with Gasteiger partial charge in [0.05, 0.1) is 18.2 Å². The second-order valence-corrected chi connectivity index (χ2v) is 10.9. The van der Waals surface area contributed by atoms with Gasteiger partial charge in [0.15, 0.2) is 0 Å². The van der Waals surface area contributed by atoms with Crippen molar-refractivity contribution in [3.05, 3.63) is 46.1 Å². The first-order valence-corrected chi connectivity index (χ1v) is 13.0. The number of nitrogens with zero attached hydrogens (tertiary/aromatic N) is 1. The fourth-order valence-corrected chi connectivity index (χ4v) is 5.15. The first kappa shape index (κ1) is 27.8. The Labute approximate surface area is 214 Å². The highest BCUT2D eigenvalue weighted by Gasteiger charge is 2.46. The first-order chi connectivity index (χ1) is 16.9. The summed E-state index contributed by atoms with van der Waals surface area (Å²) in [6.07, 6.45) is 7.67. The van der Waals surface area contributed by atoms with Gasteiger partial charge in [-0.1, -0.05) is 43.6 Å². The molecule has 2 heterocycles. The average molecular weight is 500 g/mol. The molecule has 0 unspecified atom stereocenters. The molecule has 0 radical (unpaired) electrons. The zero-order valence-corrected chi connectivity index (χ0v) is 22.4. The largest absolute Gasteiger partial charge is 0.508 e. The summed E-state index contributed by atoms with van der Waals surface area (Å²) in [5.41, 5.74) is 3.02. The molecule has 3 rings (SSSR count). The molecule has 0 saturated heterocycles. The molecule has 0 aromatic heterocycles. The van der Waals surface area contributed by atoms with Gasteiger partial charge in [-0.25, -0.2) is 4.79 Å². The van der Waals surface area contributed by atoms with Crippen LogP contribution in [0.1, 0.15) is 95.1 Å². The molecule has 36 heavy (non-hydrogen) atoms. The molecule has 4 atom stereocenters. The Morgan fingerprint density at radius 1 is 1.25 bits per heavy atom. The summed E-state index contributed by atoms with van der Waals surface area (Å²) >= 11 is 0. The van der Waals surface area contributed by atoms with Crippen molar-refractivity contribution in [3.8, 4) is 11.5 Å². The quantitative estimate of drug-likeness (QED) is 0.373. The number of aliphatic carboxylic acids is 1. The Kier molecular flexibility index (Phi) is 8.55. The van der Waals surface area contributed by atoms with Crippen molar-refractivity contribution in [1.29, 1.82) is 0 Å². The second kappa shape index (κ2) is 11.1. The number of rotatable bonds is 10. The lowest BCUT2D eigenvalue weighted by Gasteiger charge is -2.41. The van der Waals surface area contributed by atoms with E-state index in [0.717, 1.165) is 19.3 Å². The van der Waals surface area contributed by atoms with Crippen molar-refractivity contribution in [3.63, 3.8) is 0 Å². The Morgan fingerprint density at radius 2 is 1.94 bits per heavy atom. The number of carboxylic acid groups (broad SMARTS) is 1. The molecule has 0 bridgehead atoms. The summed E-state index contributed by atoms with van der Waals surface area (Å²) < 4.78 is 6.40. The number of fused-ring (bicyclic) bond motifs is 3. The minimum Gasteiger partial charge on any atom is -0.508 e. The number of ether oxygens (including phenoxy) is 1. The fraction of sp³-hybridized carbons (Fsp3) is 0.586. The van der Waals surface area contributed by atoms with Crippen LogP contribution in [0.25, 0.3) is 0 Å². The van der Waals surface area contributed by atoms with Gasteiger partial charge >= 0.3 is 5.97 Å². The lowest BCUT2D eigenvalue weighted by Crippen LogP contribution is -2.49. The predicted octanol–water partition coefficient (Wildman–Crippen LogP) is 5.37. The van der Waals surface area contributed by atoms with Crippen LogP contribution in [0.5, 0.6) is 11.5 Å². The number of carbonyl (C=O) groups is 2. The van der Waals surface area contributed by atoms with Gasteiger partial charge in [-0.3, -0.25) is 4.79 Å². The number of hydrogen-bond donors (Lipinski definition) is 3. The number of carboxylic acids is 1. The third-order valence-corrected chi connectivity index (χ3v) is 7.72. The molecular weight excluding hydrogens is 458 g/mol. The lowest BCUT2D eigenvalue weighted by molar-refractivity contribution is -0.144. The van der Waals surface area contributed by atoms with Gasteiger partial charge in [0.25, 0.3) is 5.91 Å². The maximum absolute atomic E-state index is 13.2. The summed E-state index contributed by atoms with van der Waals surface area (Å²) in [6, 6.07) is 0.427. The zero-order chi connectivity index (χ0) is 26.8. The monoisotopic (exact) mass is 499 g/mol. The van der Waals surface area contributed by atoms with E-state index in [0.29, 0.717) is 29.7 Å². The molecule has 0 fully saturated rings. The Hall–Kier alpha value is -2.80. The summed E-state index contributed by atoms with van der Waals surface area (Å²) in [6.45, 7) is 12.0. The SMILES string of the molecule is CC[C@H](C)[C@H](C(=O)O)N1Cc2c(cc(O)c3c2O[C@](C)(CC/C=C(\C)CCC=C(C)C)[C@H](O)C3)C1=O. The number of carbonyl (C=O) groups excluding carboxylic acids is 1. The summed E-state index contributed by atoms with van der Waals surface area (Å²) in [4.78, 5) is 26.6. The van der Waals surface area contributed by atoms with E-state index in [1.807, 2.05) is 20.8 Å². The molecule has 1 aromatic carbocycles. The Morgan fingerprint density at radius 3 is 2.56 bits per heavy atom.